The van der Waals surface area contributed by atoms with Crippen LogP contribution in [-0.4, -0.2) is 54.0 Å². The molecule has 0 radical (unpaired) electrons. The van der Waals surface area contributed by atoms with E-state index < -0.39 is 24.3 Å². The zero-order valence-corrected chi connectivity index (χ0v) is 11.5. The number of benzene rings is 1. The zero-order valence-electron chi connectivity index (χ0n) is 11.5. The first-order valence-electron chi connectivity index (χ1n) is 6.47. The summed E-state index contributed by atoms with van der Waals surface area (Å²) in [5, 5.41) is 11.5. The number of rotatable bonds is 4. The number of aliphatic carboxylic acids is 1. The lowest BCUT2D eigenvalue weighted by Gasteiger charge is -2.34. The van der Waals surface area contributed by atoms with Crippen LogP contribution in [0.5, 0.6) is 5.75 Å². The van der Waals surface area contributed by atoms with Crippen molar-refractivity contribution in [1.82, 2.24) is 10.2 Å². The van der Waals surface area contributed by atoms with Crippen LogP contribution in [-0.2, 0) is 9.59 Å². The second kappa shape index (κ2) is 6.25. The highest BCUT2D eigenvalue weighted by Gasteiger charge is 2.35. The van der Waals surface area contributed by atoms with E-state index in [2.05, 4.69) is 5.32 Å². The van der Waals surface area contributed by atoms with E-state index in [1.54, 1.807) is 24.3 Å². The van der Waals surface area contributed by atoms with Crippen molar-refractivity contribution in [3.8, 4) is 5.75 Å². The summed E-state index contributed by atoms with van der Waals surface area (Å²) in [6.07, 6.45) is -0.409. The van der Waals surface area contributed by atoms with E-state index in [-0.39, 0.29) is 12.5 Å². The van der Waals surface area contributed by atoms with E-state index >= 15 is 0 Å². The van der Waals surface area contributed by atoms with Crippen molar-refractivity contribution in [2.24, 2.45) is 0 Å². The van der Waals surface area contributed by atoms with Gasteiger partial charge in [0.15, 0.2) is 0 Å². The summed E-state index contributed by atoms with van der Waals surface area (Å²) in [5.41, 5.74) is 0.390. The molecule has 1 atom stereocenters. The summed E-state index contributed by atoms with van der Waals surface area (Å²) in [5.74, 6) is -1.31. The maximum Gasteiger partial charge on any atom is 0.305 e. The van der Waals surface area contributed by atoms with Crippen molar-refractivity contribution in [2.75, 3.05) is 20.2 Å². The van der Waals surface area contributed by atoms with E-state index in [4.69, 9.17) is 9.84 Å². The number of hydrogen-bond donors (Lipinski definition) is 2. The highest BCUT2D eigenvalue weighted by Crippen LogP contribution is 2.17. The molecule has 1 aromatic rings. The Balaban J connectivity index is 2.21. The summed E-state index contributed by atoms with van der Waals surface area (Å²) in [6.45, 7) is 0.603. The molecule has 2 N–H and O–H groups in total. The number of nitrogens with zero attached hydrogens (tertiary/aromatic N) is 1. The van der Waals surface area contributed by atoms with Crippen molar-refractivity contribution >= 4 is 17.8 Å². The number of nitrogens with one attached hydrogen (secondary N) is 1. The predicted molar refractivity (Wildman–Crippen MR) is 73.1 cm³/mol. The van der Waals surface area contributed by atoms with E-state index in [9.17, 15) is 14.4 Å². The van der Waals surface area contributed by atoms with Crippen LogP contribution in [0.2, 0.25) is 0 Å². The second-order valence-corrected chi connectivity index (χ2v) is 4.63. The molecule has 1 unspecified atom stereocenters. The molecule has 112 valence electrons. The van der Waals surface area contributed by atoms with Gasteiger partial charge in [-0.3, -0.25) is 14.4 Å². The largest absolute Gasteiger partial charge is 0.497 e. The zero-order chi connectivity index (χ0) is 15.4. The van der Waals surface area contributed by atoms with Crippen molar-refractivity contribution in [2.45, 2.75) is 12.5 Å². The molecule has 0 aromatic heterocycles. The highest BCUT2D eigenvalue weighted by molar-refractivity contribution is 5.99. The summed E-state index contributed by atoms with van der Waals surface area (Å²) < 4.78 is 5.02. The number of hydrogen-bond acceptors (Lipinski definition) is 4. The Morgan fingerprint density at radius 2 is 2.05 bits per heavy atom. The molecular weight excluding hydrogens is 276 g/mol. The summed E-state index contributed by atoms with van der Waals surface area (Å²) in [6, 6.07) is 5.48. The fourth-order valence-corrected chi connectivity index (χ4v) is 2.23. The number of amides is 2. The first-order valence-corrected chi connectivity index (χ1v) is 6.47. The standard InChI is InChI=1S/C14H16N2O5/c1-21-10-4-2-9(3-5-10)14(20)16-7-6-15-13(19)11(16)8-12(17)18/h2-5,11H,6-8H2,1H3,(H,15,19)(H,17,18). The molecule has 7 nitrogen and oxygen atoms in total. The molecule has 2 amide bonds. The van der Waals surface area contributed by atoms with Gasteiger partial charge in [0, 0.05) is 18.7 Å². The highest BCUT2D eigenvalue weighted by atomic mass is 16.5. The summed E-state index contributed by atoms with van der Waals surface area (Å²) >= 11 is 0. The van der Waals surface area contributed by atoms with Gasteiger partial charge in [0.25, 0.3) is 5.91 Å². The van der Waals surface area contributed by atoms with Crippen LogP contribution in [0.3, 0.4) is 0 Å². The molecule has 0 spiro atoms. The maximum atomic E-state index is 12.4. The van der Waals surface area contributed by atoms with Crippen LogP contribution < -0.4 is 10.1 Å². The molecule has 0 saturated carbocycles. The number of carbonyl (C=O) groups excluding carboxylic acids is 2. The van der Waals surface area contributed by atoms with Gasteiger partial charge in [-0.2, -0.15) is 0 Å². The van der Waals surface area contributed by atoms with Gasteiger partial charge in [-0.25, -0.2) is 0 Å². The van der Waals surface area contributed by atoms with Crippen LogP contribution in [0.15, 0.2) is 24.3 Å². The fraction of sp³-hybridized carbons (Fsp3) is 0.357. The van der Waals surface area contributed by atoms with Gasteiger partial charge in [-0.1, -0.05) is 0 Å². The van der Waals surface area contributed by atoms with Crippen LogP contribution in [0.4, 0.5) is 0 Å². The Hall–Kier alpha value is -2.57. The van der Waals surface area contributed by atoms with Crippen molar-refractivity contribution in [3.63, 3.8) is 0 Å². The fourth-order valence-electron chi connectivity index (χ4n) is 2.23. The lowest BCUT2D eigenvalue weighted by atomic mass is 10.1. The van der Waals surface area contributed by atoms with E-state index in [1.807, 2.05) is 0 Å². The van der Waals surface area contributed by atoms with Crippen LogP contribution >= 0.6 is 0 Å². The number of carboxylic acid groups (broad SMARTS) is 1. The first kappa shape index (κ1) is 14.8. The smallest absolute Gasteiger partial charge is 0.305 e. The molecule has 1 saturated heterocycles. The molecule has 0 bridgehead atoms. The Kier molecular flexibility index (Phi) is 4.42. The quantitative estimate of drug-likeness (QED) is 0.821. The Labute approximate surface area is 121 Å². The number of carboxylic acids is 1. The number of ether oxygens (including phenoxy) is 1. The molecule has 1 heterocycles. The van der Waals surface area contributed by atoms with Gasteiger partial charge in [0.2, 0.25) is 5.91 Å². The summed E-state index contributed by atoms with van der Waals surface area (Å²) in [4.78, 5) is 36.4. The Morgan fingerprint density at radius 3 is 2.62 bits per heavy atom. The molecule has 0 aliphatic carbocycles. The Bertz CT molecular complexity index is 555. The third-order valence-corrected chi connectivity index (χ3v) is 3.30. The molecule has 1 aliphatic heterocycles. The lowest BCUT2D eigenvalue weighted by Crippen LogP contribution is -2.57. The minimum atomic E-state index is -1.12. The van der Waals surface area contributed by atoms with Crippen molar-refractivity contribution < 1.29 is 24.2 Å². The lowest BCUT2D eigenvalue weighted by molar-refractivity contribution is -0.142. The van der Waals surface area contributed by atoms with Gasteiger partial charge < -0.3 is 20.1 Å². The third-order valence-electron chi connectivity index (χ3n) is 3.30. The number of piperazine rings is 1. The normalized spacial score (nSPS) is 18.0. The van der Waals surface area contributed by atoms with Crippen molar-refractivity contribution in [3.05, 3.63) is 29.8 Å². The maximum absolute atomic E-state index is 12.4. The van der Waals surface area contributed by atoms with Gasteiger partial charge >= 0.3 is 5.97 Å². The molecule has 1 aliphatic rings. The third kappa shape index (κ3) is 3.31. The van der Waals surface area contributed by atoms with Gasteiger partial charge in [0.1, 0.15) is 11.8 Å². The van der Waals surface area contributed by atoms with Crippen LogP contribution in [0.1, 0.15) is 16.8 Å². The monoisotopic (exact) mass is 292 g/mol. The molecular formula is C14H16N2O5. The van der Waals surface area contributed by atoms with E-state index in [0.29, 0.717) is 17.9 Å². The minimum absolute atomic E-state index is 0.286. The molecule has 21 heavy (non-hydrogen) atoms. The molecule has 2 rings (SSSR count). The van der Waals surface area contributed by atoms with Crippen molar-refractivity contribution in [1.29, 1.82) is 0 Å². The van der Waals surface area contributed by atoms with E-state index in [1.165, 1.54) is 12.0 Å². The average Bonchev–Trinajstić information content (AvgIpc) is 2.48. The van der Waals surface area contributed by atoms with Crippen LogP contribution in [0, 0.1) is 0 Å². The summed E-state index contributed by atoms with van der Waals surface area (Å²) in [7, 11) is 1.52. The number of carbonyl (C=O) groups is 3. The first-order chi connectivity index (χ1) is 10.0. The second-order valence-electron chi connectivity index (χ2n) is 4.63. The van der Waals surface area contributed by atoms with E-state index in [0.717, 1.165) is 0 Å². The SMILES string of the molecule is COc1ccc(C(=O)N2CCNC(=O)C2CC(=O)O)cc1. The van der Waals surface area contributed by atoms with Crippen LogP contribution in [0.25, 0.3) is 0 Å². The molecule has 1 fully saturated rings. The van der Waals surface area contributed by atoms with Gasteiger partial charge in [0.05, 0.1) is 13.5 Å². The van der Waals surface area contributed by atoms with Gasteiger partial charge in [-0.15, -0.1) is 0 Å². The predicted octanol–water partition coefficient (Wildman–Crippen LogP) is 0.111. The van der Waals surface area contributed by atoms with Gasteiger partial charge in [-0.05, 0) is 24.3 Å². The molecule has 1 aromatic carbocycles. The minimum Gasteiger partial charge on any atom is -0.497 e. The number of methoxy groups -OCH3 is 1. The average molecular weight is 292 g/mol. The topological polar surface area (TPSA) is 95.9 Å². The molecule has 7 heteroatoms. The Morgan fingerprint density at radius 1 is 1.38 bits per heavy atom.